The predicted molar refractivity (Wildman–Crippen MR) is 50.1 cm³/mol. The van der Waals surface area contributed by atoms with Crippen molar-refractivity contribution in [3.05, 3.63) is 11.5 Å². The molecule has 10 heteroatoms. The molecule has 0 aromatic rings. The summed E-state index contributed by atoms with van der Waals surface area (Å²) in [5, 5.41) is 18.0. The van der Waals surface area contributed by atoms with Gasteiger partial charge in [-0.15, -0.1) is 0 Å². The normalized spacial score (nSPS) is 22.4. The van der Waals surface area contributed by atoms with Gasteiger partial charge >= 0.3 is 13.8 Å². The molecule has 4 N–H and O–H groups in total. The first-order valence-corrected chi connectivity index (χ1v) is 5.86. The van der Waals surface area contributed by atoms with Gasteiger partial charge in [-0.05, 0) is 0 Å². The lowest BCUT2D eigenvalue weighted by Gasteiger charge is -2.16. The van der Waals surface area contributed by atoms with E-state index in [0.29, 0.717) is 0 Å². The highest BCUT2D eigenvalue weighted by molar-refractivity contribution is 7.46. The van der Waals surface area contributed by atoms with Crippen LogP contribution in [0.5, 0.6) is 0 Å². The molecule has 0 spiro atoms. The Kier molecular flexibility index (Phi) is 4.12. The van der Waals surface area contributed by atoms with Gasteiger partial charge in [0.1, 0.15) is 6.10 Å². The molecule has 0 bridgehead atoms. The van der Waals surface area contributed by atoms with Crippen LogP contribution in [0, 0.1) is 0 Å². The maximum absolute atomic E-state index is 11.2. The Morgan fingerprint density at radius 2 is 2.12 bits per heavy atom. The number of hydrogen-bond acceptors (Lipinski definition) is 7. The van der Waals surface area contributed by atoms with Crippen molar-refractivity contribution in [1.29, 1.82) is 0 Å². The molecule has 2 atom stereocenters. The van der Waals surface area contributed by atoms with Crippen LogP contribution < -0.4 is 0 Å². The van der Waals surface area contributed by atoms with Crippen LogP contribution in [-0.2, 0) is 23.4 Å². The van der Waals surface area contributed by atoms with Crippen LogP contribution in [0.4, 0.5) is 0 Å². The van der Waals surface area contributed by atoms with Gasteiger partial charge in [-0.2, -0.15) is 0 Å². The Morgan fingerprint density at radius 1 is 1.53 bits per heavy atom. The van der Waals surface area contributed by atoms with E-state index < -0.39 is 38.4 Å². The first-order valence-electron chi connectivity index (χ1n) is 4.33. The zero-order chi connectivity index (χ0) is 13.2. The van der Waals surface area contributed by atoms with Crippen LogP contribution >= 0.6 is 7.82 Å². The fourth-order valence-corrected chi connectivity index (χ4v) is 1.61. The molecule has 0 aromatic carbocycles. The largest absolute Gasteiger partial charge is 0.525 e. The number of methoxy groups -OCH3 is 1. The van der Waals surface area contributed by atoms with Crippen molar-refractivity contribution in [3.8, 4) is 0 Å². The highest BCUT2D eigenvalue weighted by Crippen LogP contribution is 2.42. The van der Waals surface area contributed by atoms with Crippen LogP contribution in [-0.4, -0.2) is 51.9 Å². The van der Waals surface area contributed by atoms with Crippen LogP contribution in [0.25, 0.3) is 0 Å². The fraction of sp³-hybridized carbons (Fsp3) is 0.571. The number of ether oxygens (including phenoxy) is 2. The number of aliphatic hydroxyl groups excluding tert-OH is 2. The quantitative estimate of drug-likeness (QED) is 0.337. The predicted octanol–water partition coefficient (Wildman–Crippen LogP) is -1.77. The third-order valence-electron chi connectivity index (χ3n) is 1.87. The summed E-state index contributed by atoms with van der Waals surface area (Å²) in [6.45, 7) is -0.728. The molecular weight excluding hydrogens is 259 g/mol. The summed E-state index contributed by atoms with van der Waals surface area (Å²) >= 11 is 0. The van der Waals surface area contributed by atoms with E-state index in [1.54, 1.807) is 0 Å². The van der Waals surface area contributed by atoms with Crippen molar-refractivity contribution < 1.29 is 43.4 Å². The molecule has 0 saturated carbocycles. The number of phosphoric acid groups is 1. The molecule has 98 valence electrons. The molecule has 1 aliphatic heterocycles. The highest BCUT2D eigenvalue weighted by Gasteiger charge is 2.43. The monoisotopic (exact) mass is 270 g/mol. The lowest BCUT2D eigenvalue weighted by atomic mass is 10.2. The average Bonchev–Trinajstić information content (AvgIpc) is 2.52. The van der Waals surface area contributed by atoms with Crippen molar-refractivity contribution in [1.82, 2.24) is 0 Å². The summed E-state index contributed by atoms with van der Waals surface area (Å²) < 4.78 is 23.9. The topological polar surface area (TPSA) is 143 Å². The Hall–Kier alpha value is -1.12. The van der Waals surface area contributed by atoms with Gasteiger partial charge in [-0.3, -0.25) is 9.79 Å². The highest BCUT2D eigenvalue weighted by atomic mass is 31.2. The molecule has 0 radical (unpaired) electrons. The molecule has 0 amide bonds. The molecule has 0 saturated heterocycles. The van der Waals surface area contributed by atoms with Gasteiger partial charge in [0, 0.05) is 0 Å². The van der Waals surface area contributed by atoms with Gasteiger partial charge in [0.25, 0.3) is 5.76 Å². The van der Waals surface area contributed by atoms with E-state index in [-0.39, 0.29) is 5.76 Å². The van der Waals surface area contributed by atoms with E-state index in [1.807, 2.05) is 0 Å². The molecule has 0 aromatic heterocycles. The van der Waals surface area contributed by atoms with Crippen molar-refractivity contribution in [3.63, 3.8) is 0 Å². The summed E-state index contributed by atoms with van der Waals surface area (Å²) in [6.07, 6.45) is -2.84. The summed E-state index contributed by atoms with van der Waals surface area (Å²) in [6, 6.07) is 0. The molecule has 0 fully saturated rings. The maximum Gasteiger partial charge on any atom is 0.525 e. The van der Waals surface area contributed by atoms with Crippen molar-refractivity contribution in [2.45, 2.75) is 12.2 Å². The van der Waals surface area contributed by atoms with Crippen LogP contribution in [0.2, 0.25) is 0 Å². The lowest BCUT2D eigenvalue weighted by Crippen LogP contribution is -2.32. The molecule has 1 heterocycles. The zero-order valence-electron chi connectivity index (χ0n) is 8.64. The number of hydrogen-bond donors (Lipinski definition) is 4. The van der Waals surface area contributed by atoms with Crippen molar-refractivity contribution >= 4 is 13.8 Å². The smallest absolute Gasteiger partial charge is 0.493 e. The fourth-order valence-electron chi connectivity index (χ4n) is 1.21. The first kappa shape index (κ1) is 13.9. The van der Waals surface area contributed by atoms with E-state index in [1.165, 1.54) is 0 Å². The first-order chi connectivity index (χ1) is 7.80. The Morgan fingerprint density at radius 3 is 2.53 bits per heavy atom. The van der Waals surface area contributed by atoms with Gasteiger partial charge < -0.3 is 24.2 Å². The second-order valence-corrected chi connectivity index (χ2v) is 4.22. The zero-order valence-corrected chi connectivity index (χ0v) is 9.53. The molecule has 1 rings (SSSR count). The Labute approximate surface area is 95.5 Å². The second-order valence-electron chi connectivity index (χ2n) is 3.06. The maximum atomic E-state index is 11.2. The van der Waals surface area contributed by atoms with E-state index in [4.69, 9.17) is 14.9 Å². The molecule has 2 unspecified atom stereocenters. The number of esters is 1. The summed E-state index contributed by atoms with van der Waals surface area (Å²) in [5.41, 5.74) is 0. The third-order valence-corrected chi connectivity index (χ3v) is 2.29. The van der Waals surface area contributed by atoms with Gasteiger partial charge in [0.2, 0.25) is 0 Å². The minimum absolute atomic E-state index is 0.389. The SMILES string of the molecule is COC1=C(OP(=O)(O)O)C(=O)OC1C(O)CO. The van der Waals surface area contributed by atoms with E-state index in [2.05, 4.69) is 14.0 Å². The molecule has 17 heavy (non-hydrogen) atoms. The number of aliphatic hydroxyl groups is 2. The minimum atomic E-state index is -4.95. The van der Waals surface area contributed by atoms with Crippen molar-refractivity contribution in [2.75, 3.05) is 13.7 Å². The molecule has 1 aliphatic rings. The lowest BCUT2D eigenvalue weighted by molar-refractivity contribution is -0.147. The second kappa shape index (κ2) is 5.03. The number of cyclic esters (lactones) is 1. The standard InChI is InChI=1S/C7H11O9P/c1-14-5-4(3(9)2-8)15-7(10)6(5)16-17(11,12)13/h3-4,8-9H,2H2,1H3,(H2,11,12,13). The third kappa shape index (κ3) is 3.18. The Bertz CT molecular complexity index is 383. The number of carbonyl (C=O) groups is 1. The average molecular weight is 270 g/mol. The van der Waals surface area contributed by atoms with Crippen molar-refractivity contribution in [2.24, 2.45) is 0 Å². The van der Waals surface area contributed by atoms with Crippen LogP contribution in [0.1, 0.15) is 0 Å². The van der Waals surface area contributed by atoms with E-state index in [9.17, 15) is 14.5 Å². The summed E-state index contributed by atoms with van der Waals surface area (Å²) in [4.78, 5) is 28.4. The van der Waals surface area contributed by atoms with E-state index in [0.717, 1.165) is 7.11 Å². The summed E-state index contributed by atoms with van der Waals surface area (Å²) in [7, 11) is -3.86. The Balaban J connectivity index is 3.04. The molecular formula is C7H11O9P. The molecule has 9 nitrogen and oxygen atoms in total. The summed E-state index contributed by atoms with van der Waals surface area (Å²) in [5.74, 6) is -2.40. The van der Waals surface area contributed by atoms with Crippen LogP contribution in [0.15, 0.2) is 11.5 Å². The number of rotatable bonds is 5. The van der Waals surface area contributed by atoms with Gasteiger partial charge in [0.15, 0.2) is 11.9 Å². The minimum Gasteiger partial charge on any atom is -0.493 e. The molecule has 0 aliphatic carbocycles. The van der Waals surface area contributed by atoms with Crippen LogP contribution in [0.3, 0.4) is 0 Å². The number of carbonyl (C=O) groups excluding carboxylic acids is 1. The van der Waals surface area contributed by atoms with Gasteiger partial charge in [-0.25, -0.2) is 9.36 Å². The van der Waals surface area contributed by atoms with E-state index >= 15 is 0 Å². The van der Waals surface area contributed by atoms with Gasteiger partial charge in [-0.1, -0.05) is 0 Å². The van der Waals surface area contributed by atoms with Gasteiger partial charge in [0.05, 0.1) is 13.7 Å². The number of phosphoric ester groups is 1.